The van der Waals surface area contributed by atoms with Crippen LogP contribution in [-0.4, -0.2) is 23.5 Å². The highest BCUT2D eigenvalue weighted by Crippen LogP contribution is 2.08. The number of hydrogen-bond acceptors (Lipinski definition) is 3. The predicted molar refractivity (Wildman–Crippen MR) is 96.2 cm³/mol. The quantitative estimate of drug-likeness (QED) is 0.280. The van der Waals surface area contributed by atoms with Crippen LogP contribution in [0.25, 0.3) is 0 Å². The minimum Gasteiger partial charge on any atom is -0.313 e. The van der Waals surface area contributed by atoms with Crippen LogP contribution in [0.4, 0.5) is 0 Å². The van der Waals surface area contributed by atoms with Crippen molar-refractivity contribution in [2.75, 3.05) is 13.1 Å². The van der Waals surface area contributed by atoms with Crippen LogP contribution in [0.3, 0.4) is 0 Å². The second kappa shape index (κ2) is 14.3. The molecule has 3 N–H and O–H groups in total. The molecule has 1 rings (SSSR count). The van der Waals surface area contributed by atoms with Gasteiger partial charge in [-0.25, -0.2) is 0 Å². The molecule has 0 saturated carbocycles. The molecule has 1 aromatic rings. The van der Waals surface area contributed by atoms with Gasteiger partial charge in [0, 0.05) is 13.1 Å². The van der Waals surface area contributed by atoms with Crippen LogP contribution in [0.5, 0.6) is 0 Å². The lowest BCUT2D eigenvalue weighted by atomic mass is 10.1. The summed E-state index contributed by atoms with van der Waals surface area (Å²) in [6.07, 6.45) is 11.0. The third-order valence-electron chi connectivity index (χ3n) is 3.75. The van der Waals surface area contributed by atoms with Crippen LogP contribution in [0.2, 0.25) is 0 Å². The first-order valence-corrected chi connectivity index (χ1v) is 9.57. The van der Waals surface area contributed by atoms with Gasteiger partial charge >= 0.3 is 0 Å². The van der Waals surface area contributed by atoms with Crippen molar-refractivity contribution in [1.29, 1.82) is 0 Å². The van der Waals surface area contributed by atoms with Crippen LogP contribution < -0.4 is 15.8 Å². The Hall–Kier alpha value is -0.683. The maximum atomic E-state index is 3.52. The van der Waals surface area contributed by atoms with Crippen LogP contribution in [0.15, 0.2) is 30.3 Å². The second-order valence-electron chi connectivity index (χ2n) is 5.67. The summed E-state index contributed by atoms with van der Waals surface area (Å²) < 4.78 is 0. The Balaban J connectivity index is 1.75. The van der Waals surface area contributed by atoms with Gasteiger partial charge in [0.15, 0.2) is 0 Å². The summed E-state index contributed by atoms with van der Waals surface area (Å²) in [5.41, 5.74) is 4.58. The largest absolute Gasteiger partial charge is 0.313 e. The van der Waals surface area contributed by atoms with E-state index in [-0.39, 0.29) is 0 Å². The number of nitrogens with one attached hydrogen (secondary N) is 3. The third-order valence-corrected chi connectivity index (χ3v) is 4.11. The van der Waals surface area contributed by atoms with Crippen LogP contribution >= 0.6 is 0 Å². The van der Waals surface area contributed by atoms with E-state index in [2.05, 4.69) is 46.2 Å². The van der Waals surface area contributed by atoms with Crippen molar-refractivity contribution in [2.24, 2.45) is 0 Å². The van der Waals surface area contributed by atoms with Gasteiger partial charge in [0.1, 0.15) is 0 Å². The lowest BCUT2D eigenvalue weighted by Crippen LogP contribution is -2.29. The molecule has 0 unspecified atom stereocenters. The highest BCUT2D eigenvalue weighted by molar-refractivity contribution is 6.03. The SMILES string of the molecule is [SiH3]NNCCCCCCCCCCNCc1ccccc1. The molecule has 1 aromatic carbocycles. The van der Waals surface area contributed by atoms with Gasteiger partial charge in [-0.1, -0.05) is 68.9 Å². The molecule has 0 aliphatic heterocycles. The van der Waals surface area contributed by atoms with Crippen LogP contribution in [0, 0.1) is 0 Å². The molecule has 0 atom stereocenters. The van der Waals surface area contributed by atoms with Crippen molar-refractivity contribution in [3.8, 4) is 0 Å². The van der Waals surface area contributed by atoms with Gasteiger partial charge in [-0.15, -0.1) is 0 Å². The molecule has 120 valence electrons. The first kappa shape index (κ1) is 18.4. The highest BCUT2D eigenvalue weighted by Gasteiger charge is 1.93. The van der Waals surface area contributed by atoms with Crippen molar-refractivity contribution in [1.82, 2.24) is 15.8 Å². The first-order chi connectivity index (χ1) is 10.4. The minimum absolute atomic E-state index is 1.00. The van der Waals surface area contributed by atoms with Gasteiger partial charge in [0.25, 0.3) is 0 Å². The van der Waals surface area contributed by atoms with Crippen LogP contribution in [0.1, 0.15) is 56.9 Å². The van der Waals surface area contributed by atoms with E-state index < -0.39 is 0 Å². The molecule has 0 aliphatic rings. The molecule has 0 aromatic heterocycles. The summed E-state index contributed by atoms with van der Waals surface area (Å²) in [6.45, 7) is 3.27. The zero-order valence-electron chi connectivity index (χ0n) is 13.7. The molecule has 0 saturated heterocycles. The Morgan fingerprint density at radius 1 is 0.714 bits per heavy atom. The topological polar surface area (TPSA) is 36.1 Å². The van der Waals surface area contributed by atoms with Gasteiger partial charge in [0.2, 0.25) is 0 Å². The van der Waals surface area contributed by atoms with Gasteiger partial charge in [0.05, 0.1) is 10.4 Å². The molecule has 0 amide bonds. The predicted octanol–water partition coefficient (Wildman–Crippen LogP) is 2.27. The Labute approximate surface area is 133 Å². The summed E-state index contributed by atoms with van der Waals surface area (Å²) in [5.74, 6) is 0. The zero-order valence-corrected chi connectivity index (χ0v) is 15.7. The number of benzene rings is 1. The van der Waals surface area contributed by atoms with Gasteiger partial charge in [-0.05, 0) is 24.9 Å². The summed E-state index contributed by atoms with van der Waals surface area (Å²) in [4.78, 5) is 0. The third kappa shape index (κ3) is 11.6. The molecule has 4 heteroatoms. The molecule has 0 bridgehead atoms. The Kier molecular flexibility index (Phi) is 12.5. The fourth-order valence-electron chi connectivity index (χ4n) is 2.48. The van der Waals surface area contributed by atoms with Crippen molar-refractivity contribution >= 4 is 10.4 Å². The van der Waals surface area contributed by atoms with Gasteiger partial charge in [-0.2, -0.15) is 0 Å². The number of rotatable bonds is 14. The standard InChI is InChI=1S/C17H33N3Si/c21-20-19-15-11-6-4-2-1-3-5-10-14-18-16-17-12-8-7-9-13-17/h7-9,12-13,18-20H,1-6,10-11,14-16H2,21H3. The molecule has 0 spiro atoms. The summed E-state index contributed by atoms with van der Waals surface area (Å²) in [6, 6.07) is 10.6. The average molecular weight is 308 g/mol. The van der Waals surface area contributed by atoms with Crippen molar-refractivity contribution in [3.05, 3.63) is 35.9 Å². The van der Waals surface area contributed by atoms with Crippen molar-refractivity contribution in [2.45, 2.75) is 57.9 Å². The second-order valence-corrected chi connectivity index (χ2v) is 6.17. The van der Waals surface area contributed by atoms with Crippen molar-refractivity contribution in [3.63, 3.8) is 0 Å². The Bertz CT molecular complexity index is 319. The van der Waals surface area contributed by atoms with Crippen LogP contribution in [-0.2, 0) is 6.54 Å². The fraction of sp³-hybridized carbons (Fsp3) is 0.647. The number of hydrogen-bond donors (Lipinski definition) is 3. The number of hydrazine groups is 1. The van der Waals surface area contributed by atoms with E-state index in [1.807, 2.05) is 0 Å². The summed E-state index contributed by atoms with van der Waals surface area (Å²) in [5, 5.41) is 6.62. The van der Waals surface area contributed by atoms with Gasteiger partial charge < -0.3 is 5.32 Å². The molecular formula is C17H33N3Si. The molecule has 0 radical (unpaired) electrons. The van der Waals surface area contributed by atoms with Gasteiger partial charge in [-0.3, -0.25) is 10.5 Å². The normalized spacial score (nSPS) is 11.0. The van der Waals surface area contributed by atoms with E-state index in [9.17, 15) is 0 Å². The Morgan fingerprint density at radius 2 is 1.29 bits per heavy atom. The minimum atomic E-state index is 1.00. The van der Waals surface area contributed by atoms with E-state index in [1.165, 1.54) is 56.9 Å². The van der Waals surface area contributed by atoms with E-state index in [4.69, 9.17) is 0 Å². The van der Waals surface area contributed by atoms with E-state index in [1.54, 1.807) is 0 Å². The molecule has 0 heterocycles. The first-order valence-electron chi connectivity index (χ1n) is 8.57. The maximum Gasteiger partial charge on any atom is 0.0942 e. The monoisotopic (exact) mass is 307 g/mol. The van der Waals surface area contributed by atoms with E-state index in [0.29, 0.717) is 0 Å². The van der Waals surface area contributed by atoms with E-state index in [0.717, 1.165) is 30.0 Å². The van der Waals surface area contributed by atoms with E-state index >= 15 is 0 Å². The summed E-state index contributed by atoms with van der Waals surface area (Å²) in [7, 11) is 1.04. The van der Waals surface area contributed by atoms with Crippen molar-refractivity contribution < 1.29 is 0 Å². The molecule has 0 fully saturated rings. The molecule has 21 heavy (non-hydrogen) atoms. The average Bonchev–Trinajstić information content (AvgIpc) is 2.53. The zero-order chi connectivity index (χ0) is 15.0. The fourth-order valence-corrected chi connectivity index (χ4v) is 2.73. The summed E-state index contributed by atoms with van der Waals surface area (Å²) >= 11 is 0. The molecule has 3 nitrogen and oxygen atoms in total. The lowest BCUT2D eigenvalue weighted by Gasteiger charge is -2.05. The molecular weight excluding hydrogens is 274 g/mol. The highest BCUT2D eigenvalue weighted by atomic mass is 28.2. The molecule has 0 aliphatic carbocycles. The number of unbranched alkanes of at least 4 members (excludes halogenated alkanes) is 7. The smallest absolute Gasteiger partial charge is 0.0942 e. The maximum absolute atomic E-state index is 3.52. The lowest BCUT2D eigenvalue weighted by molar-refractivity contribution is 0.537. The Morgan fingerprint density at radius 3 is 1.90 bits per heavy atom.